The van der Waals surface area contributed by atoms with Crippen LogP contribution in [0, 0.1) is 0 Å². The van der Waals surface area contributed by atoms with Gasteiger partial charge in [-0.2, -0.15) is 0 Å². The van der Waals surface area contributed by atoms with E-state index in [1.54, 1.807) is 42.5 Å². The Morgan fingerprint density at radius 3 is 2.52 bits per heavy atom. The number of rotatable bonds is 11. The SMILES string of the molecule is C=CCn1c(CCCOc2ccc(Cl)cc2Cl)nnc1SCC(=O)Nc1ccc(Cl)cc1Cl. The van der Waals surface area contributed by atoms with Crippen molar-refractivity contribution >= 4 is 69.8 Å². The summed E-state index contributed by atoms with van der Waals surface area (Å²) in [5.74, 6) is 1.29. The molecule has 2 aromatic carbocycles. The van der Waals surface area contributed by atoms with Crippen molar-refractivity contribution in [3.63, 3.8) is 0 Å². The number of nitrogens with zero attached hydrogens (tertiary/aromatic N) is 3. The highest BCUT2D eigenvalue weighted by Gasteiger charge is 2.14. The Hall–Kier alpha value is -1.90. The molecule has 0 spiro atoms. The minimum absolute atomic E-state index is 0.145. The molecule has 0 radical (unpaired) electrons. The van der Waals surface area contributed by atoms with E-state index in [0.717, 1.165) is 5.82 Å². The van der Waals surface area contributed by atoms with Crippen LogP contribution in [0.5, 0.6) is 5.75 Å². The molecule has 174 valence electrons. The van der Waals surface area contributed by atoms with Crippen molar-refractivity contribution in [1.82, 2.24) is 14.8 Å². The van der Waals surface area contributed by atoms with Gasteiger partial charge >= 0.3 is 0 Å². The van der Waals surface area contributed by atoms with E-state index in [0.29, 0.717) is 62.7 Å². The highest BCUT2D eigenvalue weighted by Crippen LogP contribution is 2.28. The van der Waals surface area contributed by atoms with Gasteiger partial charge in [-0.15, -0.1) is 16.8 Å². The van der Waals surface area contributed by atoms with Crippen LogP contribution >= 0.6 is 58.2 Å². The van der Waals surface area contributed by atoms with Crippen LogP contribution in [0.1, 0.15) is 12.2 Å². The van der Waals surface area contributed by atoms with Gasteiger partial charge in [0.2, 0.25) is 5.91 Å². The zero-order chi connectivity index (χ0) is 23.8. The van der Waals surface area contributed by atoms with Crippen molar-refractivity contribution in [1.29, 1.82) is 0 Å². The maximum absolute atomic E-state index is 12.4. The zero-order valence-corrected chi connectivity index (χ0v) is 21.2. The molecule has 0 atom stereocenters. The van der Waals surface area contributed by atoms with Gasteiger partial charge in [0.25, 0.3) is 0 Å². The standard InChI is InChI=1S/C22H20Cl4N4O2S/c1-2-9-30-20(4-3-10-32-19-8-6-15(24)12-17(19)26)28-29-22(30)33-13-21(31)27-18-7-5-14(23)11-16(18)25/h2,5-8,11-12H,1,3-4,9-10,13H2,(H,27,31). The topological polar surface area (TPSA) is 69.0 Å². The number of hydrogen-bond donors (Lipinski definition) is 1. The zero-order valence-electron chi connectivity index (χ0n) is 17.4. The van der Waals surface area contributed by atoms with E-state index in [1.807, 2.05) is 4.57 Å². The third-order valence-corrected chi connectivity index (χ3v) is 6.38. The number of halogens is 4. The Balaban J connectivity index is 1.53. The Kier molecular flexibility index (Phi) is 9.77. The van der Waals surface area contributed by atoms with Crippen LogP contribution in [0.3, 0.4) is 0 Å². The van der Waals surface area contributed by atoms with Crippen LogP contribution in [0.2, 0.25) is 20.1 Å². The molecule has 0 unspecified atom stereocenters. The van der Waals surface area contributed by atoms with E-state index >= 15 is 0 Å². The number of anilines is 1. The van der Waals surface area contributed by atoms with Gasteiger partial charge in [-0.3, -0.25) is 4.79 Å². The fourth-order valence-electron chi connectivity index (χ4n) is 2.84. The number of amides is 1. The number of hydrogen-bond acceptors (Lipinski definition) is 5. The molecule has 1 heterocycles. The van der Waals surface area contributed by atoms with E-state index in [4.69, 9.17) is 51.1 Å². The Labute approximate surface area is 216 Å². The van der Waals surface area contributed by atoms with Crippen LogP contribution in [-0.2, 0) is 17.8 Å². The summed E-state index contributed by atoms with van der Waals surface area (Å²) in [7, 11) is 0. The molecule has 0 saturated heterocycles. The van der Waals surface area contributed by atoms with Crippen molar-refractivity contribution in [2.75, 3.05) is 17.7 Å². The first-order valence-corrected chi connectivity index (χ1v) is 12.4. The molecule has 1 amide bonds. The lowest BCUT2D eigenvalue weighted by Crippen LogP contribution is -2.15. The molecule has 0 bridgehead atoms. The molecule has 0 fully saturated rings. The fourth-order valence-corrected chi connectivity index (χ4v) is 4.52. The second-order valence-corrected chi connectivity index (χ2v) is 9.42. The second kappa shape index (κ2) is 12.5. The minimum atomic E-state index is -0.216. The molecule has 0 aliphatic carbocycles. The lowest BCUT2D eigenvalue weighted by molar-refractivity contribution is -0.113. The number of benzene rings is 2. The van der Waals surface area contributed by atoms with Gasteiger partial charge in [0.15, 0.2) is 5.16 Å². The van der Waals surface area contributed by atoms with Gasteiger partial charge < -0.3 is 14.6 Å². The van der Waals surface area contributed by atoms with Crippen molar-refractivity contribution < 1.29 is 9.53 Å². The van der Waals surface area contributed by atoms with E-state index < -0.39 is 0 Å². The van der Waals surface area contributed by atoms with Gasteiger partial charge in [0.1, 0.15) is 11.6 Å². The number of carbonyl (C=O) groups is 1. The summed E-state index contributed by atoms with van der Waals surface area (Å²) in [6.45, 7) is 4.78. The summed E-state index contributed by atoms with van der Waals surface area (Å²) in [5, 5.41) is 13.8. The number of carbonyl (C=O) groups excluding carboxylic acids is 1. The number of aromatic nitrogens is 3. The maximum atomic E-state index is 12.4. The lowest BCUT2D eigenvalue weighted by atomic mass is 10.3. The highest BCUT2D eigenvalue weighted by atomic mass is 35.5. The maximum Gasteiger partial charge on any atom is 0.234 e. The van der Waals surface area contributed by atoms with Crippen LogP contribution < -0.4 is 10.1 Å². The van der Waals surface area contributed by atoms with E-state index in [2.05, 4.69) is 22.1 Å². The molecule has 3 aromatic rings. The minimum Gasteiger partial charge on any atom is -0.492 e. The molecule has 33 heavy (non-hydrogen) atoms. The van der Waals surface area contributed by atoms with Crippen LogP contribution in [0.25, 0.3) is 0 Å². The van der Waals surface area contributed by atoms with Gasteiger partial charge in [-0.25, -0.2) is 0 Å². The Morgan fingerprint density at radius 1 is 1.09 bits per heavy atom. The average molecular weight is 546 g/mol. The highest BCUT2D eigenvalue weighted by molar-refractivity contribution is 7.99. The summed E-state index contributed by atoms with van der Waals surface area (Å²) in [4.78, 5) is 12.4. The molecule has 6 nitrogen and oxygen atoms in total. The summed E-state index contributed by atoms with van der Waals surface area (Å²) in [6, 6.07) is 9.99. The number of allylic oxidation sites excluding steroid dienone is 1. The molecular formula is C22H20Cl4N4O2S. The molecule has 1 aromatic heterocycles. The van der Waals surface area contributed by atoms with Crippen molar-refractivity contribution in [2.24, 2.45) is 0 Å². The third kappa shape index (κ3) is 7.55. The number of ether oxygens (including phenoxy) is 1. The van der Waals surface area contributed by atoms with E-state index in [1.165, 1.54) is 11.8 Å². The molecule has 1 N–H and O–H groups in total. The van der Waals surface area contributed by atoms with Crippen LogP contribution in [-0.4, -0.2) is 33.0 Å². The fraction of sp³-hybridized carbons (Fsp3) is 0.227. The molecule has 11 heteroatoms. The van der Waals surface area contributed by atoms with Crippen LogP contribution in [0.15, 0.2) is 54.2 Å². The first kappa shape index (κ1) is 25.7. The van der Waals surface area contributed by atoms with Crippen molar-refractivity contribution in [3.05, 3.63) is 75.0 Å². The van der Waals surface area contributed by atoms with E-state index in [-0.39, 0.29) is 11.7 Å². The molecule has 3 rings (SSSR count). The van der Waals surface area contributed by atoms with Crippen molar-refractivity contribution in [3.8, 4) is 5.75 Å². The molecule has 0 aliphatic heterocycles. The monoisotopic (exact) mass is 544 g/mol. The molecule has 0 aliphatic rings. The smallest absolute Gasteiger partial charge is 0.234 e. The molecular weight excluding hydrogens is 526 g/mol. The Morgan fingerprint density at radius 2 is 1.82 bits per heavy atom. The van der Waals surface area contributed by atoms with Gasteiger partial charge in [-0.1, -0.05) is 64.2 Å². The first-order valence-electron chi connectivity index (χ1n) is 9.86. The lowest BCUT2D eigenvalue weighted by Gasteiger charge is -2.10. The summed E-state index contributed by atoms with van der Waals surface area (Å²) in [5.41, 5.74) is 0.501. The quantitative estimate of drug-likeness (QED) is 0.162. The second-order valence-electron chi connectivity index (χ2n) is 6.79. The normalized spacial score (nSPS) is 10.8. The molecule has 0 saturated carbocycles. The first-order chi connectivity index (χ1) is 15.9. The largest absolute Gasteiger partial charge is 0.492 e. The van der Waals surface area contributed by atoms with Crippen molar-refractivity contribution in [2.45, 2.75) is 24.5 Å². The summed E-state index contributed by atoms with van der Waals surface area (Å²) in [6.07, 6.45) is 3.10. The number of thioether (sulfide) groups is 1. The Bertz CT molecular complexity index is 1140. The van der Waals surface area contributed by atoms with Gasteiger partial charge in [-0.05, 0) is 42.8 Å². The van der Waals surface area contributed by atoms with Gasteiger partial charge in [0.05, 0.1) is 28.1 Å². The van der Waals surface area contributed by atoms with E-state index in [9.17, 15) is 4.79 Å². The summed E-state index contributed by atoms with van der Waals surface area (Å²) < 4.78 is 7.65. The average Bonchev–Trinajstić information content (AvgIpc) is 3.15. The van der Waals surface area contributed by atoms with Crippen LogP contribution in [0.4, 0.5) is 5.69 Å². The predicted molar refractivity (Wildman–Crippen MR) is 136 cm³/mol. The third-order valence-electron chi connectivity index (χ3n) is 4.34. The number of nitrogens with one attached hydrogen (secondary N) is 1. The number of aryl methyl sites for hydroxylation is 1. The predicted octanol–water partition coefficient (Wildman–Crippen LogP) is 6.82. The van der Waals surface area contributed by atoms with Gasteiger partial charge in [0, 0.05) is 23.0 Å². The summed E-state index contributed by atoms with van der Waals surface area (Å²) >= 11 is 25.3.